The van der Waals surface area contributed by atoms with Crippen molar-refractivity contribution in [3.05, 3.63) is 54.5 Å². The number of alkyl halides is 6. The molecule has 2 aliphatic rings. The molecular formula is C22H21F6N3O7. The summed E-state index contributed by atoms with van der Waals surface area (Å²) >= 11 is 0. The molecule has 3 heterocycles. The second-order valence-electron chi connectivity index (χ2n) is 7.65. The third kappa shape index (κ3) is 8.86. The number of carbonyl (C=O) groups excluding carboxylic acids is 1. The molecule has 10 nitrogen and oxygen atoms in total. The summed E-state index contributed by atoms with van der Waals surface area (Å²) in [6.07, 6.45) is -3.64. The predicted molar refractivity (Wildman–Crippen MR) is 114 cm³/mol. The van der Waals surface area contributed by atoms with Crippen LogP contribution in [0.3, 0.4) is 0 Å². The number of carboxylic acids is 2. The molecule has 2 aromatic heterocycles. The summed E-state index contributed by atoms with van der Waals surface area (Å²) in [6, 6.07) is 9.22. The van der Waals surface area contributed by atoms with Crippen LogP contribution in [0.15, 0.2) is 48.9 Å². The Bertz CT molecular complexity index is 1050. The Balaban J connectivity index is 0.000000301. The largest absolute Gasteiger partial charge is 0.490 e. The molecule has 1 saturated heterocycles. The maximum Gasteiger partial charge on any atom is 0.490 e. The molecule has 1 aliphatic heterocycles. The summed E-state index contributed by atoms with van der Waals surface area (Å²) in [5.74, 6) is -4.90. The molecule has 4 rings (SSSR count). The highest BCUT2D eigenvalue weighted by Gasteiger charge is 2.46. The van der Waals surface area contributed by atoms with Crippen LogP contribution in [0.5, 0.6) is 5.88 Å². The first-order valence-electron chi connectivity index (χ1n) is 10.7. The number of amides is 1. The van der Waals surface area contributed by atoms with Crippen LogP contribution in [-0.2, 0) is 14.3 Å². The number of rotatable bonds is 3. The van der Waals surface area contributed by atoms with Crippen molar-refractivity contribution in [1.82, 2.24) is 14.9 Å². The molecule has 0 bridgehead atoms. The first-order valence-corrected chi connectivity index (χ1v) is 10.7. The Kier molecular flexibility index (Phi) is 10.4. The molecule has 2 fully saturated rings. The molecule has 1 saturated carbocycles. The van der Waals surface area contributed by atoms with E-state index in [4.69, 9.17) is 29.3 Å². The van der Waals surface area contributed by atoms with Crippen LogP contribution in [-0.4, -0.2) is 86.7 Å². The highest BCUT2D eigenvalue weighted by molar-refractivity contribution is 5.94. The Labute approximate surface area is 210 Å². The topological polar surface area (TPSA) is 139 Å². The van der Waals surface area contributed by atoms with Crippen molar-refractivity contribution in [1.29, 1.82) is 0 Å². The number of aliphatic carboxylic acids is 2. The fourth-order valence-corrected chi connectivity index (χ4v) is 3.52. The Morgan fingerprint density at radius 3 is 2.08 bits per heavy atom. The van der Waals surface area contributed by atoms with Gasteiger partial charge in [0.05, 0.1) is 18.2 Å². The molecule has 0 unspecified atom stereocenters. The number of hydrogen-bond acceptors (Lipinski definition) is 7. The zero-order valence-corrected chi connectivity index (χ0v) is 19.2. The lowest BCUT2D eigenvalue weighted by Gasteiger charge is -2.38. The predicted octanol–water partition coefficient (Wildman–Crippen LogP) is 3.19. The van der Waals surface area contributed by atoms with Gasteiger partial charge in [0.1, 0.15) is 12.2 Å². The number of carboxylic acid groups (broad SMARTS) is 2. The molecule has 0 spiro atoms. The second-order valence-corrected chi connectivity index (χ2v) is 7.65. The summed E-state index contributed by atoms with van der Waals surface area (Å²) in [6.45, 7) is 1.13. The summed E-state index contributed by atoms with van der Waals surface area (Å²) in [5.41, 5.74) is 0.618. The third-order valence-corrected chi connectivity index (χ3v) is 5.10. The molecule has 2 aromatic rings. The van der Waals surface area contributed by atoms with Gasteiger partial charge < -0.3 is 24.6 Å². The molecule has 3 atom stereocenters. The van der Waals surface area contributed by atoms with Gasteiger partial charge in [0.15, 0.2) is 0 Å². The molecular weight excluding hydrogens is 532 g/mol. The van der Waals surface area contributed by atoms with Crippen molar-refractivity contribution in [2.45, 2.75) is 43.4 Å². The van der Waals surface area contributed by atoms with Crippen molar-refractivity contribution >= 4 is 17.8 Å². The van der Waals surface area contributed by atoms with Crippen LogP contribution < -0.4 is 4.74 Å². The van der Waals surface area contributed by atoms with Crippen LogP contribution >= 0.6 is 0 Å². The fourth-order valence-electron chi connectivity index (χ4n) is 3.52. The fraction of sp³-hybridized carbons (Fsp3) is 0.409. The molecule has 0 radical (unpaired) electrons. The first kappa shape index (κ1) is 30.3. The van der Waals surface area contributed by atoms with Crippen LogP contribution in [0.1, 0.15) is 23.2 Å². The zero-order chi connectivity index (χ0) is 28.5. The van der Waals surface area contributed by atoms with E-state index >= 15 is 0 Å². The zero-order valence-electron chi connectivity index (χ0n) is 19.2. The number of hydrogen-bond donors (Lipinski definition) is 2. The van der Waals surface area contributed by atoms with E-state index in [-0.39, 0.29) is 24.2 Å². The monoisotopic (exact) mass is 553 g/mol. The molecule has 38 heavy (non-hydrogen) atoms. The van der Waals surface area contributed by atoms with Gasteiger partial charge in [-0.25, -0.2) is 14.6 Å². The van der Waals surface area contributed by atoms with Gasteiger partial charge in [-0.05, 0) is 31.0 Å². The minimum Gasteiger partial charge on any atom is -0.475 e. The van der Waals surface area contributed by atoms with Gasteiger partial charge in [0, 0.05) is 31.2 Å². The van der Waals surface area contributed by atoms with Crippen LogP contribution in [0.4, 0.5) is 26.3 Å². The number of carbonyl (C=O) groups is 3. The normalized spacial score (nSPS) is 20.6. The third-order valence-electron chi connectivity index (χ3n) is 5.10. The highest BCUT2D eigenvalue weighted by atomic mass is 19.4. The van der Waals surface area contributed by atoms with E-state index in [2.05, 4.69) is 9.97 Å². The Morgan fingerprint density at radius 1 is 0.947 bits per heavy atom. The Morgan fingerprint density at radius 2 is 1.58 bits per heavy atom. The number of pyridine rings is 2. The Hall–Kier alpha value is -3.95. The van der Waals surface area contributed by atoms with E-state index in [1.807, 2.05) is 23.1 Å². The van der Waals surface area contributed by atoms with Gasteiger partial charge in [-0.15, -0.1) is 0 Å². The number of aromatic nitrogens is 2. The minimum atomic E-state index is -5.08. The van der Waals surface area contributed by atoms with Gasteiger partial charge >= 0.3 is 24.3 Å². The first-order chi connectivity index (χ1) is 17.7. The lowest BCUT2D eigenvalue weighted by atomic mass is 10.1. The smallest absolute Gasteiger partial charge is 0.475 e. The van der Waals surface area contributed by atoms with Gasteiger partial charge in [-0.1, -0.05) is 6.07 Å². The molecule has 1 amide bonds. The van der Waals surface area contributed by atoms with Crippen LogP contribution in [0.25, 0.3) is 0 Å². The minimum absolute atomic E-state index is 0.0138. The van der Waals surface area contributed by atoms with E-state index in [0.29, 0.717) is 24.6 Å². The van der Waals surface area contributed by atoms with Gasteiger partial charge in [0.2, 0.25) is 5.88 Å². The van der Waals surface area contributed by atoms with Crippen molar-refractivity contribution in [2.24, 2.45) is 0 Å². The second kappa shape index (κ2) is 13.0. The van der Waals surface area contributed by atoms with E-state index in [1.54, 1.807) is 30.7 Å². The van der Waals surface area contributed by atoms with Gasteiger partial charge in [-0.2, -0.15) is 26.3 Å². The van der Waals surface area contributed by atoms with E-state index < -0.39 is 24.3 Å². The standard InChI is InChI=1S/C18H19N3O3.2C2HF3O2/c22-18(13-4-3-8-19-12-13)21-10-11-23-17-14(21)6-7-15(17)24-16-5-1-2-9-20-16;2*3-2(4,5)1(6)7/h1-5,8-9,12,14-15,17H,6-7,10-11H2;2*(H,6,7)/t14-,15+,17+;;/m0../s1. The molecule has 1 aliphatic carbocycles. The van der Waals surface area contributed by atoms with Crippen LogP contribution in [0.2, 0.25) is 0 Å². The van der Waals surface area contributed by atoms with Crippen molar-refractivity contribution in [3.8, 4) is 5.88 Å². The number of fused-ring (bicyclic) bond motifs is 1. The maximum absolute atomic E-state index is 12.8. The average Bonchev–Trinajstić information content (AvgIpc) is 3.27. The van der Waals surface area contributed by atoms with Crippen LogP contribution in [0, 0.1) is 0 Å². The van der Waals surface area contributed by atoms with Crippen molar-refractivity contribution in [2.75, 3.05) is 13.2 Å². The SMILES string of the molecule is O=C(O)C(F)(F)F.O=C(O)C(F)(F)F.O=C(c1cccnc1)N1CCO[C@H]2[C@H](Oc3ccccn3)CC[C@@H]21. The van der Waals surface area contributed by atoms with Crippen molar-refractivity contribution in [3.63, 3.8) is 0 Å². The maximum atomic E-state index is 12.8. The van der Waals surface area contributed by atoms with Gasteiger partial charge in [-0.3, -0.25) is 9.78 Å². The number of nitrogens with zero attached hydrogens (tertiary/aromatic N) is 3. The summed E-state index contributed by atoms with van der Waals surface area (Å²) < 4.78 is 75.4. The average molecular weight is 553 g/mol. The number of ether oxygens (including phenoxy) is 2. The molecule has 16 heteroatoms. The summed E-state index contributed by atoms with van der Waals surface area (Å²) in [4.78, 5) is 40.7. The highest BCUT2D eigenvalue weighted by Crippen LogP contribution is 2.33. The van der Waals surface area contributed by atoms with E-state index in [9.17, 15) is 31.1 Å². The number of halogens is 6. The summed E-state index contributed by atoms with van der Waals surface area (Å²) in [7, 11) is 0. The molecule has 208 valence electrons. The van der Waals surface area contributed by atoms with E-state index in [1.165, 1.54) is 0 Å². The van der Waals surface area contributed by atoms with Gasteiger partial charge in [0.25, 0.3) is 5.91 Å². The van der Waals surface area contributed by atoms with Crippen molar-refractivity contribution < 1.29 is 60.4 Å². The summed E-state index contributed by atoms with van der Waals surface area (Å²) in [5, 5.41) is 14.2. The number of morpholine rings is 1. The quantitative estimate of drug-likeness (QED) is 0.549. The molecule has 0 aromatic carbocycles. The lowest BCUT2D eigenvalue weighted by molar-refractivity contribution is -0.193. The lowest BCUT2D eigenvalue weighted by Crippen LogP contribution is -2.54. The molecule has 2 N–H and O–H groups in total. The van der Waals surface area contributed by atoms with E-state index in [0.717, 1.165) is 12.8 Å².